The first-order valence-electron chi connectivity index (χ1n) is 6.81. The number of hydrogen-bond donors (Lipinski definition) is 1. The molecule has 0 aliphatic carbocycles. The number of benzene rings is 1. The molecule has 0 atom stereocenters. The Hall–Kier alpha value is -1.97. The summed E-state index contributed by atoms with van der Waals surface area (Å²) in [7, 11) is 0. The maximum Gasteiger partial charge on any atom is 0.148 e. The lowest BCUT2D eigenvalue weighted by molar-refractivity contribution is 0.340. The quantitative estimate of drug-likeness (QED) is 0.829. The molecule has 0 saturated heterocycles. The molecule has 0 aliphatic heterocycles. The van der Waals surface area contributed by atoms with Crippen molar-refractivity contribution in [3.05, 3.63) is 42.1 Å². The van der Waals surface area contributed by atoms with Crippen LogP contribution >= 0.6 is 0 Å². The first kappa shape index (κ1) is 13.5. The van der Waals surface area contributed by atoms with E-state index in [-0.39, 0.29) is 0 Å². The summed E-state index contributed by atoms with van der Waals surface area (Å²) >= 11 is 0. The second-order valence-corrected chi connectivity index (χ2v) is 4.39. The molecule has 4 heteroatoms. The van der Waals surface area contributed by atoms with Crippen molar-refractivity contribution in [3.8, 4) is 5.75 Å². The molecule has 1 aromatic heterocycles. The Labute approximate surface area is 114 Å². The molecule has 0 amide bonds. The summed E-state index contributed by atoms with van der Waals surface area (Å²) in [6, 6.07) is 10.1. The maximum absolute atomic E-state index is 5.42. The van der Waals surface area contributed by atoms with Crippen LogP contribution in [-0.4, -0.2) is 16.4 Å². The average molecular weight is 259 g/mol. The molecule has 19 heavy (non-hydrogen) atoms. The molecule has 4 nitrogen and oxygen atoms in total. The zero-order valence-electron chi connectivity index (χ0n) is 11.6. The van der Waals surface area contributed by atoms with Gasteiger partial charge >= 0.3 is 0 Å². The number of nitrogens with zero attached hydrogens (tertiary/aromatic N) is 2. The largest absolute Gasteiger partial charge is 0.494 e. The Bertz CT molecular complexity index is 490. The van der Waals surface area contributed by atoms with E-state index in [1.54, 1.807) is 0 Å². The van der Waals surface area contributed by atoms with Gasteiger partial charge in [-0.3, -0.25) is 4.68 Å². The molecule has 102 valence electrons. The van der Waals surface area contributed by atoms with Gasteiger partial charge in [-0.15, -0.1) is 0 Å². The summed E-state index contributed by atoms with van der Waals surface area (Å²) in [5, 5.41) is 7.76. The number of hydrogen-bond acceptors (Lipinski definition) is 3. The molecule has 0 fully saturated rings. The second-order valence-electron chi connectivity index (χ2n) is 4.39. The second kappa shape index (κ2) is 6.83. The van der Waals surface area contributed by atoms with Crippen LogP contribution in [-0.2, 0) is 13.1 Å². The minimum absolute atomic E-state index is 0.701. The van der Waals surface area contributed by atoms with Crippen LogP contribution in [0, 0.1) is 0 Å². The molecular weight excluding hydrogens is 238 g/mol. The minimum atomic E-state index is 0.701. The standard InChI is InChI=1S/C15H21N3O/c1-3-10-18-11-9-15(17-18)16-12-13-5-7-14(8-6-13)19-4-2/h5-9,11H,3-4,10,12H2,1-2H3,(H,16,17). The van der Waals surface area contributed by atoms with Gasteiger partial charge in [0, 0.05) is 25.4 Å². The monoisotopic (exact) mass is 259 g/mol. The first-order valence-corrected chi connectivity index (χ1v) is 6.81. The van der Waals surface area contributed by atoms with E-state index >= 15 is 0 Å². The maximum atomic E-state index is 5.42. The summed E-state index contributed by atoms with van der Waals surface area (Å²) in [5.41, 5.74) is 1.22. The van der Waals surface area contributed by atoms with Gasteiger partial charge in [0.25, 0.3) is 0 Å². The zero-order valence-corrected chi connectivity index (χ0v) is 11.6. The van der Waals surface area contributed by atoms with E-state index in [1.807, 2.05) is 36.0 Å². The lowest BCUT2D eigenvalue weighted by atomic mass is 10.2. The van der Waals surface area contributed by atoms with Gasteiger partial charge in [0.1, 0.15) is 11.6 Å². The topological polar surface area (TPSA) is 39.1 Å². The smallest absolute Gasteiger partial charge is 0.148 e. The van der Waals surface area contributed by atoms with E-state index in [1.165, 1.54) is 5.56 Å². The molecule has 2 rings (SSSR count). The molecule has 0 saturated carbocycles. The third-order valence-corrected chi connectivity index (χ3v) is 2.80. The van der Waals surface area contributed by atoms with Crippen molar-refractivity contribution in [2.75, 3.05) is 11.9 Å². The van der Waals surface area contributed by atoms with E-state index in [9.17, 15) is 0 Å². The van der Waals surface area contributed by atoms with Crippen molar-refractivity contribution in [1.82, 2.24) is 9.78 Å². The molecule has 0 radical (unpaired) electrons. The van der Waals surface area contributed by atoms with Gasteiger partial charge in [0.15, 0.2) is 0 Å². The van der Waals surface area contributed by atoms with Crippen molar-refractivity contribution < 1.29 is 4.74 Å². The number of nitrogens with one attached hydrogen (secondary N) is 1. The number of aryl methyl sites for hydroxylation is 1. The van der Waals surface area contributed by atoms with E-state index in [0.29, 0.717) is 6.61 Å². The van der Waals surface area contributed by atoms with Crippen LogP contribution in [0.1, 0.15) is 25.8 Å². The van der Waals surface area contributed by atoms with Crippen LogP contribution in [0.4, 0.5) is 5.82 Å². The van der Waals surface area contributed by atoms with E-state index in [4.69, 9.17) is 4.74 Å². The minimum Gasteiger partial charge on any atom is -0.494 e. The molecular formula is C15H21N3O. The Balaban J connectivity index is 1.86. The zero-order chi connectivity index (χ0) is 13.5. The number of rotatable bonds is 7. The van der Waals surface area contributed by atoms with E-state index in [0.717, 1.165) is 31.1 Å². The molecule has 0 spiro atoms. The lowest BCUT2D eigenvalue weighted by Crippen LogP contribution is -2.02. The van der Waals surface area contributed by atoms with Crippen molar-refractivity contribution in [3.63, 3.8) is 0 Å². The highest BCUT2D eigenvalue weighted by Gasteiger charge is 1.99. The Morgan fingerprint density at radius 2 is 1.95 bits per heavy atom. The molecule has 0 bridgehead atoms. The molecule has 0 unspecified atom stereocenters. The van der Waals surface area contributed by atoms with Crippen molar-refractivity contribution >= 4 is 5.82 Å². The number of aromatic nitrogens is 2. The van der Waals surface area contributed by atoms with Gasteiger partial charge in [-0.25, -0.2) is 0 Å². The molecule has 1 heterocycles. The summed E-state index contributed by atoms with van der Waals surface area (Å²) in [4.78, 5) is 0. The Morgan fingerprint density at radius 3 is 2.63 bits per heavy atom. The van der Waals surface area contributed by atoms with Crippen molar-refractivity contribution in [2.24, 2.45) is 0 Å². The molecule has 1 N–H and O–H groups in total. The van der Waals surface area contributed by atoms with Gasteiger partial charge < -0.3 is 10.1 Å². The van der Waals surface area contributed by atoms with Crippen LogP contribution in [0.25, 0.3) is 0 Å². The van der Waals surface area contributed by atoms with Gasteiger partial charge in [0.2, 0.25) is 0 Å². The predicted octanol–water partition coefficient (Wildman–Crippen LogP) is 3.30. The average Bonchev–Trinajstić information content (AvgIpc) is 2.87. The van der Waals surface area contributed by atoms with Crippen LogP contribution in [0.3, 0.4) is 0 Å². The van der Waals surface area contributed by atoms with Gasteiger partial charge in [-0.1, -0.05) is 19.1 Å². The molecule has 2 aromatic rings. The molecule has 0 aliphatic rings. The van der Waals surface area contributed by atoms with Crippen LogP contribution in [0.15, 0.2) is 36.5 Å². The SMILES string of the molecule is CCCn1ccc(NCc2ccc(OCC)cc2)n1. The fourth-order valence-corrected chi connectivity index (χ4v) is 1.87. The van der Waals surface area contributed by atoms with Crippen LogP contribution in [0.5, 0.6) is 5.75 Å². The third-order valence-electron chi connectivity index (χ3n) is 2.80. The van der Waals surface area contributed by atoms with Crippen molar-refractivity contribution in [2.45, 2.75) is 33.4 Å². The van der Waals surface area contributed by atoms with Crippen molar-refractivity contribution in [1.29, 1.82) is 0 Å². The summed E-state index contributed by atoms with van der Waals surface area (Å²) in [5.74, 6) is 1.83. The van der Waals surface area contributed by atoms with E-state index in [2.05, 4.69) is 29.5 Å². The van der Waals surface area contributed by atoms with E-state index < -0.39 is 0 Å². The third kappa shape index (κ3) is 4.02. The number of anilines is 1. The Morgan fingerprint density at radius 1 is 1.16 bits per heavy atom. The number of ether oxygens (including phenoxy) is 1. The van der Waals surface area contributed by atoms with Crippen LogP contribution < -0.4 is 10.1 Å². The highest BCUT2D eigenvalue weighted by atomic mass is 16.5. The summed E-state index contributed by atoms with van der Waals surface area (Å²) < 4.78 is 7.38. The van der Waals surface area contributed by atoms with Gasteiger partial charge in [-0.05, 0) is 31.0 Å². The molecule has 1 aromatic carbocycles. The highest BCUT2D eigenvalue weighted by Crippen LogP contribution is 2.13. The normalized spacial score (nSPS) is 10.4. The Kier molecular flexibility index (Phi) is 4.84. The predicted molar refractivity (Wildman–Crippen MR) is 77.5 cm³/mol. The highest BCUT2D eigenvalue weighted by molar-refractivity contribution is 5.35. The van der Waals surface area contributed by atoms with Crippen LogP contribution in [0.2, 0.25) is 0 Å². The fourth-order valence-electron chi connectivity index (χ4n) is 1.87. The first-order chi connectivity index (χ1) is 9.31. The fraction of sp³-hybridized carbons (Fsp3) is 0.400. The lowest BCUT2D eigenvalue weighted by Gasteiger charge is -2.06. The summed E-state index contributed by atoms with van der Waals surface area (Å²) in [6.07, 6.45) is 3.10. The van der Waals surface area contributed by atoms with Gasteiger partial charge in [0.05, 0.1) is 6.61 Å². The summed E-state index contributed by atoms with van der Waals surface area (Å²) in [6.45, 7) is 6.57. The van der Waals surface area contributed by atoms with Gasteiger partial charge in [-0.2, -0.15) is 5.10 Å².